The lowest BCUT2D eigenvalue weighted by Gasteiger charge is -2.29. The van der Waals surface area contributed by atoms with Crippen molar-refractivity contribution >= 4 is 11.4 Å². The van der Waals surface area contributed by atoms with Crippen molar-refractivity contribution in [3.05, 3.63) is 78.1 Å². The Morgan fingerprint density at radius 1 is 0.750 bits per heavy atom. The second-order valence-corrected chi connectivity index (χ2v) is 7.52. The van der Waals surface area contributed by atoms with Gasteiger partial charge in [0.25, 0.3) is 0 Å². The van der Waals surface area contributed by atoms with Crippen LogP contribution in [0.2, 0.25) is 0 Å². The van der Waals surface area contributed by atoms with Gasteiger partial charge in [0.15, 0.2) is 0 Å². The Kier molecular flexibility index (Phi) is 5.90. The third kappa shape index (κ3) is 4.64. The number of rotatable bonds is 7. The van der Waals surface area contributed by atoms with Crippen LogP contribution in [0, 0.1) is 0 Å². The molecule has 0 aliphatic carbocycles. The Balaban J connectivity index is 1.97. The van der Waals surface area contributed by atoms with Gasteiger partial charge in [-0.1, -0.05) is 6.07 Å². The van der Waals surface area contributed by atoms with Crippen LogP contribution in [0.4, 0.5) is 11.4 Å². The van der Waals surface area contributed by atoms with Crippen LogP contribution in [0.3, 0.4) is 0 Å². The molecule has 0 fully saturated rings. The van der Waals surface area contributed by atoms with E-state index in [2.05, 4.69) is 36.9 Å². The number of nitrogens with zero attached hydrogens (tertiary/aromatic N) is 5. The summed E-state index contributed by atoms with van der Waals surface area (Å²) in [5, 5.41) is 0. The van der Waals surface area contributed by atoms with E-state index in [0.717, 1.165) is 28.5 Å². The van der Waals surface area contributed by atoms with E-state index < -0.39 is 5.54 Å². The van der Waals surface area contributed by atoms with Crippen LogP contribution < -0.4 is 15.5 Å². The van der Waals surface area contributed by atoms with E-state index in [1.807, 2.05) is 70.9 Å². The Hall–Kier alpha value is -2.99. The number of aromatic nitrogens is 3. The molecule has 0 amide bonds. The van der Waals surface area contributed by atoms with E-state index in [-0.39, 0.29) is 0 Å². The van der Waals surface area contributed by atoms with Gasteiger partial charge < -0.3 is 15.5 Å². The monoisotopic (exact) mass is 376 g/mol. The molecule has 28 heavy (non-hydrogen) atoms. The van der Waals surface area contributed by atoms with Gasteiger partial charge in [-0.15, -0.1) is 0 Å². The molecular formula is C22H28N6. The van der Waals surface area contributed by atoms with Gasteiger partial charge in [-0.25, -0.2) is 0 Å². The Morgan fingerprint density at radius 3 is 1.71 bits per heavy atom. The summed E-state index contributed by atoms with van der Waals surface area (Å²) < 4.78 is 0. The Bertz CT molecular complexity index is 854. The van der Waals surface area contributed by atoms with Crippen LogP contribution in [0.15, 0.2) is 61.1 Å². The standard InChI is InChI=1S/C22H28N6/c1-27(2)19-8-11-24-17(13-19)15-22(23,21-7-5-6-10-26-21)16-18-14-20(28(3)4)9-12-25-18/h5-14H,15-16,23H2,1-4H3. The van der Waals surface area contributed by atoms with Crippen molar-refractivity contribution in [2.24, 2.45) is 5.73 Å². The minimum atomic E-state index is -0.711. The molecule has 0 aliphatic rings. The molecule has 6 nitrogen and oxygen atoms in total. The van der Waals surface area contributed by atoms with Crippen molar-refractivity contribution in [1.82, 2.24) is 15.0 Å². The van der Waals surface area contributed by atoms with Crippen LogP contribution in [-0.2, 0) is 18.4 Å². The number of hydrogen-bond acceptors (Lipinski definition) is 6. The highest BCUT2D eigenvalue weighted by molar-refractivity contribution is 5.46. The van der Waals surface area contributed by atoms with Crippen molar-refractivity contribution in [3.63, 3.8) is 0 Å². The largest absolute Gasteiger partial charge is 0.378 e. The molecule has 0 radical (unpaired) electrons. The molecule has 2 N–H and O–H groups in total. The van der Waals surface area contributed by atoms with Crippen molar-refractivity contribution in [2.75, 3.05) is 38.0 Å². The van der Waals surface area contributed by atoms with E-state index in [1.165, 1.54) is 0 Å². The first-order valence-electron chi connectivity index (χ1n) is 9.32. The van der Waals surface area contributed by atoms with Crippen molar-refractivity contribution in [3.8, 4) is 0 Å². The maximum absolute atomic E-state index is 6.97. The number of anilines is 2. The molecule has 3 aromatic rings. The van der Waals surface area contributed by atoms with Crippen LogP contribution in [0.5, 0.6) is 0 Å². The van der Waals surface area contributed by atoms with E-state index in [1.54, 1.807) is 6.20 Å². The average Bonchev–Trinajstić information content (AvgIpc) is 2.69. The van der Waals surface area contributed by atoms with Crippen LogP contribution in [0.1, 0.15) is 17.1 Å². The summed E-state index contributed by atoms with van der Waals surface area (Å²) in [5.41, 5.74) is 11.2. The minimum Gasteiger partial charge on any atom is -0.378 e. The SMILES string of the molecule is CN(C)c1ccnc(CC(N)(Cc2cc(N(C)C)ccn2)c2ccccn2)c1. The predicted octanol–water partition coefficient (Wildman–Crippen LogP) is 2.64. The van der Waals surface area contributed by atoms with Gasteiger partial charge in [-0.2, -0.15) is 0 Å². The summed E-state index contributed by atoms with van der Waals surface area (Å²) in [6.45, 7) is 0. The van der Waals surface area contributed by atoms with Gasteiger partial charge in [0, 0.05) is 82.4 Å². The molecule has 0 aromatic carbocycles. The van der Waals surface area contributed by atoms with Gasteiger partial charge >= 0.3 is 0 Å². The van der Waals surface area contributed by atoms with Gasteiger partial charge in [-0.3, -0.25) is 15.0 Å². The molecule has 0 spiro atoms. The molecule has 3 rings (SSSR count). The maximum atomic E-state index is 6.97. The highest BCUT2D eigenvalue weighted by Gasteiger charge is 2.31. The molecule has 146 valence electrons. The average molecular weight is 377 g/mol. The number of hydrogen-bond donors (Lipinski definition) is 1. The highest BCUT2D eigenvalue weighted by Crippen LogP contribution is 2.27. The molecule has 0 atom stereocenters. The van der Waals surface area contributed by atoms with Crippen molar-refractivity contribution in [1.29, 1.82) is 0 Å². The molecule has 0 saturated carbocycles. The second kappa shape index (κ2) is 8.35. The quantitative estimate of drug-likeness (QED) is 0.684. The first kappa shape index (κ1) is 19.8. The van der Waals surface area contributed by atoms with E-state index in [9.17, 15) is 0 Å². The summed E-state index contributed by atoms with van der Waals surface area (Å²) in [6, 6.07) is 14.0. The summed E-state index contributed by atoms with van der Waals surface area (Å²) in [4.78, 5) is 17.8. The first-order valence-corrected chi connectivity index (χ1v) is 9.32. The molecular weight excluding hydrogens is 348 g/mol. The van der Waals surface area contributed by atoms with Gasteiger partial charge in [0.1, 0.15) is 0 Å². The predicted molar refractivity (Wildman–Crippen MR) is 115 cm³/mol. The molecule has 0 saturated heterocycles. The van der Waals surface area contributed by atoms with Gasteiger partial charge in [-0.05, 0) is 36.4 Å². The molecule has 0 unspecified atom stereocenters. The normalized spacial score (nSPS) is 11.3. The van der Waals surface area contributed by atoms with Crippen LogP contribution >= 0.6 is 0 Å². The summed E-state index contributed by atoms with van der Waals surface area (Å²) >= 11 is 0. The first-order chi connectivity index (χ1) is 13.4. The van der Waals surface area contributed by atoms with E-state index >= 15 is 0 Å². The zero-order valence-electron chi connectivity index (χ0n) is 17.0. The summed E-state index contributed by atoms with van der Waals surface area (Å²) in [6.07, 6.45) is 6.58. The van der Waals surface area contributed by atoms with E-state index in [4.69, 9.17) is 5.73 Å². The van der Waals surface area contributed by atoms with Crippen LogP contribution in [-0.4, -0.2) is 43.1 Å². The zero-order chi connectivity index (χ0) is 20.1. The van der Waals surface area contributed by atoms with Gasteiger partial charge in [0.05, 0.1) is 11.2 Å². The minimum absolute atomic E-state index is 0.569. The maximum Gasteiger partial charge on any atom is 0.0695 e. The Labute approximate surface area is 167 Å². The fourth-order valence-corrected chi connectivity index (χ4v) is 3.23. The third-order valence-corrected chi connectivity index (χ3v) is 4.80. The highest BCUT2D eigenvalue weighted by atomic mass is 15.1. The van der Waals surface area contributed by atoms with Crippen molar-refractivity contribution < 1.29 is 0 Å². The lowest BCUT2D eigenvalue weighted by atomic mass is 9.85. The number of nitrogens with two attached hydrogens (primary N) is 1. The summed E-state index contributed by atoms with van der Waals surface area (Å²) in [5.74, 6) is 0. The molecule has 3 aromatic heterocycles. The number of pyridine rings is 3. The molecule has 0 aliphatic heterocycles. The topological polar surface area (TPSA) is 71.2 Å². The molecule has 6 heteroatoms. The lowest BCUT2D eigenvalue weighted by molar-refractivity contribution is 0.415. The van der Waals surface area contributed by atoms with E-state index in [0.29, 0.717) is 12.8 Å². The van der Waals surface area contributed by atoms with Gasteiger partial charge in [0.2, 0.25) is 0 Å². The molecule has 3 heterocycles. The fourth-order valence-electron chi connectivity index (χ4n) is 3.23. The fraction of sp³-hybridized carbons (Fsp3) is 0.318. The van der Waals surface area contributed by atoms with Crippen molar-refractivity contribution in [2.45, 2.75) is 18.4 Å². The zero-order valence-corrected chi connectivity index (χ0v) is 17.0. The second-order valence-electron chi connectivity index (χ2n) is 7.52. The smallest absolute Gasteiger partial charge is 0.0695 e. The molecule has 0 bridgehead atoms. The van der Waals surface area contributed by atoms with Crippen LogP contribution in [0.25, 0.3) is 0 Å². The lowest BCUT2D eigenvalue weighted by Crippen LogP contribution is -2.42. The summed E-state index contributed by atoms with van der Waals surface area (Å²) in [7, 11) is 8.07. The third-order valence-electron chi connectivity index (χ3n) is 4.80. The Morgan fingerprint density at radius 2 is 1.29 bits per heavy atom.